The van der Waals surface area contributed by atoms with E-state index in [1.807, 2.05) is 19.1 Å². The Balaban J connectivity index is 2.33. The SMILES string of the molecule is CC(N)Cc1cccnc1Oc1cc(Cl)c(Cl)cc1Cl. The summed E-state index contributed by atoms with van der Waals surface area (Å²) in [5.74, 6) is 0.871. The number of pyridine rings is 1. The summed E-state index contributed by atoms with van der Waals surface area (Å²) in [6, 6.07) is 6.86. The molecule has 0 radical (unpaired) electrons. The molecule has 1 heterocycles. The molecule has 0 fully saturated rings. The zero-order chi connectivity index (χ0) is 14.7. The summed E-state index contributed by atoms with van der Waals surface area (Å²) in [5, 5.41) is 1.12. The van der Waals surface area contributed by atoms with Crippen LogP contribution in [0.25, 0.3) is 0 Å². The van der Waals surface area contributed by atoms with Crippen molar-refractivity contribution in [3.05, 3.63) is 51.1 Å². The molecule has 20 heavy (non-hydrogen) atoms. The highest BCUT2D eigenvalue weighted by atomic mass is 35.5. The van der Waals surface area contributed by atoms with Crippen LogP contribution in [-0.4, -0.2) is 11.0 Å². The molecule has 0 aliphatic rings. The van der Waals surface area contributed by atoms with Gasteiger partial charge in [-0.3, -0.25) is 0 Å². The van der Waals surface area contributed by atoms with Crippen molar-refractivity contribution in [2.24, 2.45) is 5.73 Å². The molecule has 3 nitrogen and oxygen atoms in total. The quantitative estimate of drug-likeness (QED) is 0.824. The minimum Gasteiger partial charge on any atom is -0.437 e. The second-order valence-corrected chi connectivity index (χ2v) is 5.67. The normalized spacial score (nSPS) is 12.2. The molecule has 0 spiro atoms. The average molecular weight is 332 g/mol. The standard InChI is InChI=1S/C14H13Cl3N2O/c1-8(18)5-9-3-2-4-19-14(9)20-13-7-11(16)10(15)6-12(13)17/h2-4,6-8H,5,18H2,1H3. The Morgan fingerprint density at radius 2 is 1.90 bits per heavy atom. The van der Waals surface area contributed by atoms with Crippen molar-refractivity contribution in [2.45, 2.75) is 19.4 Å². The fourth-order valence-corrected chi connectivity index (χ4v) is 2.28. The Morgan fingerprint density at radius 1 is 1.20 bits per heavy atom. The molecular formula is C14H13Cl3N2O. The van der Waals surface area contributed by atoms with Crippen molar-refractivity contribution in [2.75, 3.05) is 0 Å². The predicted octanol–water partition coefficient (Wildman–Crippen LogP) is 4.72. The summed E-state index contributed by atoms with van der Waals surface area (Å²) in [7, 11) is 0. The van der Waals surface area contributed by atoms with Gasteiger partial charge in [0.2, 0.25) is 5.88 Å². The van der Waals surface area contributed by atoms with E-state index < -0.39 is 0 Å². The van der Waals surface area contributed by atoms with Gasteiger partial charge in [0.15, 0.2) is 0 Å². The number of hydrogen-bond donors (Lipinski definition) is 1. The van der Waals surface area contributed by atoms with Crippen LogP contribution in [0, 0.1) is 0 Å². The highest BCUT2D eigenvalue weighted by Gasteiger charge is 2.12. The van der Waals surface area contributed by atoms with Gasteiger partial charge in [-0.05, 0) is 25.5 Å². The number of rotatable bonds is 4. The third kappa shape index (κ3) is 3.76. The molecule has 106 valence electrons. The number of nitrogens with zero attached hydrogens (tertiary/aromatic N) is 1. The molecule has 0 bridgehead atoms. The number of ether oxygens (including phenoxy) is 1. The van der Waals surface area contributed by atoms with E-state index in [-0.39, 0.29) is 6.04 Å². The van der Waals surface area contributed by atoms with E-state index in [0.717, 1.165) is 5.56 Å². The fourth-order valence-electron chi connectivity index (χ4n) is 1.70. The Kier molecular flexibility index (Phi) is 5.11. The second kappa shape index (κ2) is 6.64. The summed E-state index contributed by atoms with van der Waals surface area (Å²) in [6.45, 7) is 1.92. The summed E-state index contributed by atoms with van der Waals surface area (Å²) in [4.78, 5) is 4.21. The predicted molar refractivity (Wildman–Crippen MR) is 83.1 cm³/mol. The number of aromatic nitrogens is 1. The topological polar surface area (TPSA) is 48.1 Å². The first-order valence-corrected chi connectivity index (χ1v) is 7.12. The highest BCUT2D eigenvalue weighted by molar-refractivity contribution is 6.43. The largest absolute Gasteiger partial charge is 0.437 e. The van der Waals surface area contributed by atoms with Crippen LogP contribution in [0.5, 0.6) is 11.6 Å². The van der Waals surface area contributed by atoms with Gasteiger partial charge in [0, 0.05) is 23.9 Å². The van der Waals surface area contributed by atoms with E-state index in [2.05, 4.69) is 4.98 Å². The fraction of sp³-hybridized carbons (Fsp3) is 0.214. The Bertz CT molecular complexity index is 617. The summed E-state index contributed by atoms with van der Waals surface area (Å²) in [6.07, 6.45) is 2.30. The number of nitrogens with two attached hydrogens (primary N) is 1. The minimum atomic E-state index is 0.00540. The van der Waals surface area contributed by atoms with Gasteiger partial charge in [0.25, 0.3) is 0 Å². The molecule has 0 saturated heterocycles. The maximum absolute atomic E-state index is 6.09. The second-order valence-electron chi connectivity index (χ2n) is 4.45. The Labute approximate surface area is 132 Å². The van der Waals surface area contributed by atoms with E-state index in [1.165, 1.54) is 6.07 Å². The van der Waals surface area contributed by atoms with Crippen LogP contribution in [-0.2, 0) is 6.42 Å². The maximum atomic E-state index is 6.09. The molecule has 1 aromatic carbocycles. The van der Waals surface area contributed by atoms with Crippen molar-refractivity contribution < 1.29 is 4.74 Å². The van der Waals surface area contributed by atoms with E-state index in [4.69, 9.17) is 45.3 Å². The van der Waals surface area contributed by atoms with Crippen LogP contribution >= 0.6 is 34.8 Å². The van der Waals surface area contributed by atoms with Crippen LogP contribution in [0.3, 0.4) is 0 Å². The third-order valence-electron chi connectivity index (χ3n) is 2.57. The van der Waals surface area contributed by atoms with Gasteiger partial charge in [-0.1, -0.05) is 40.9 Å². The van der Waals surface area contributed by atoms with Crippen molar-refractivity contribution >= 4 is 34.8 Å². The number of halogens is 3. The number of hydrogen-bond acceptors (Lipinski definition) is 3. The molecule has 0 amide bonds. The van der Waals surface area contributed by atoms with E-state index >= 15 is 0 Å². The van der Waals surface area contributed by atoms with Crippen molar-refractivity contribution in [1.82, 2.24) is 4.98 Å². The van der Waals surface area contributed by atoms with E-state index in [9.17, 15) is 0 Å². The monoisotopic (exact) mass is 330 g/mol. The molecule has 0 aliphatic heterocycles. The third-order valence-corrected chi connectivity index (χ3v) is 3.59. The molecule has 1 unspecified atom stereocenters. The average Bonchev–Trinajstić information content (AvgIpc) is 2.37. The van der Waals surface area contributed by atoms with Crippen LogP contribution in [0.1, 0.15) is 12.5 Å². The zero-order valence-corrected chi connectivity index (χ0v) is 13.0. The van der Waals surface area contributed by atoms with Gasteiger partial charge in [-0.25, -0.2) is 4.98 Å². The van der Waals surface area contributed by atoms with Gasteiger partial charge in [0.05, 0.1) is 15.1 Å². The highest BCUT2D eigenvalue weighted by Crippen LogP contribution is 2.36. The van der Waals surface area contributed by atoms with Crippen LogP contribution in [0.4, 0.5) is 0 Å². The van der Waals surface area contributed by atoms with Gasteiger partial charge in [-0.15, -0.1) is 0 Å². The summed E-state index contributed by atoms with van der Waals surface area (Å²) < 4.78 is 5.74. The minimum absolute atomic E-state index is 0.00540. The lowest BCUT2D eigenvalue weighted by Gasteiger charge is -2.13. The van der Waals surface area contributed by atoms with Crippen LogP contribution in [0.15, 0.2) is 30.5 Å². The molecule has 6 heteroatoms. The first-order chi connectivity index (χ1) is 9.47. The molecule has 0 saturated carbocycles. The smallest absolute Gasteiger partial charge is 0.222 e. The zero-order valence-electron chi connectivity index (χ0n) is 10.7. The van der Waals surface area contributed by atoms with E-state index in [1.54, 1.807) is 12.3 Å². The summed E-state index contributed by atoms with van der Waals surface area (Å²) >= 11 is 17.9. The molecule has 2 rings (SSSR count). The van der Waals surface area contributed by atoms with Crippen LogP contribution < -0.4 is 10.5 Å². The van der Waals surface area contributed by atoms with Gasteiger partial charge < -0.3 is 10.5 Å². The first-order valence-electron chi connectivity index (χ1n) is 5.99. The first kappa shape index (κ1) is 15.4. The van der Waals surface area contributed by atoms with Gasteiger partial charge >= 0.3 is 0 Å². The Hall–Kier alpha value is -1.000. The van der Waals surface area contributed by atoms with Crippen molar-refractivity contribution in [3.8, 4) is 11.6 Å². The molecule has 2 aromatic rings. The van der Waals surface area contributed by atoms with Crippen LogP contribution in [0.2, 0.25) is 15.1 Å². The molecule has 1 atom stereocenters. The lowest BCUT2D eigenvalue weighted by molar-refractivity contribution is 0.454. The lowest BCUT2D eigenvalue weighted by Crippen LogP contribution is -2.18. The van der Waals surface area contributed by atoms with E-state index in [0.29, 0.717) is 33.1 Å². The van der Waals surface area contributed by atoms with Gasteiger partial charge in [-0.2, -0.15) is 0 Å². The maximum Gasteiger partial charge on any atom is 0.222 e. The molecular weight excluding hydrogens is 319 g/mol. The molecule has 1 aromatic heterocycles. The van der Waals surface area contributed by atoms with Crippen molar-refractivity contribution in [1.29, 1.82) is 0 Å². The number of benzene rings is 1. The summed E-state index contributed by atoms with van der Waals surface area (Å²) in [5.41, 5.74) is 6.72. The molecule has 0 aliphatic carbocycles. The van der Waals surface area contributed by atoms with Crippen molar-refractivity contribution in [3.63, 3.8) is 0 Å². The Morgan fingerprint density at radius 3 is 2.60 bits per heavy atom. The molecule has 2 N–H and O–H groups in total. The lowest BCUT2D eigenvalue weighted by atomic mass is 10.1. The van der Waals surface area contributed by atoms with Gasteiger partial charge in [0.1, 0.15) is 5.75 Å².